The third-order valence-electron chi connectivity index (χ3n) is 5.31. The largest absolute Gasteiger partial charge is 0.496 e. The average Bonchev–Trinajstić information content (AvgIpc) is 3.28. The fourth-order valence-corrected chi connectivity index (χ4v) is 4.55. The van der Waals surface area contributed by atoms with Gasteiger partial charge in [-0.05, 0) is 31.0 Å². The van der Waals surface area contributed by atoms with E-state index in [-0.39, 0.29) is 12.3 Å². The number of piperidine rings is 1. The molecule has 162 valence electrons. The SMILES string of the molecule is CNc1ccc(N2CCC(c3nnc(NC(=O)Cc4ccccc4OC)s3)CC2)nn1. The van der Waals surface area contributed by atoms with Crippen molar-refractivity contribution in [3.63, 3.8) is 0 Å². The molecule has 0 saturated carbocycles. The standard InChI is InChI=1S/C21H25N7O2S/c1-22-17-7-8-18(25-24-17)28-11-9-14(10-12-28)20-26-27-21(31-20)23-19(29)13-15-5-3-4-6-16(15)30-2/h3-8,14H,9-13H2,1-2H3,(H,22,24)(H,23,27,29). The molecule has 2 aromatic heterocycles. The van der Waals surface area contributed by atoms with Crippen LogP contribution in [-0.4, -0.2) is 53.5 Å². The normalized spacial score (nSPS) is 14.3. The van der Waals surface area contributed by atoms with Crippen molar-refractivity contribution in [3.8, 4) is 5.75 Å². The van der Waals surface area contributed by atoms with Crippen molar-refractivity contribution in [2.45, 2.75) is 25.2 Å². The number of amides is 1. The first-order chi connectivity index (χ1) is 15.2. The van der Waals surface area contributed by atoms with Gasteiger partial charge in [0.05, 0.1) is 13.5 Å². The molecule has 1 aliphatic heterocycles. The molecule has 1 fully saturated rings. The fourth-order valence-electron chi connectivity index (χ4n) is 3.62. The highest BCUT2D eigenvalue weighted by Crippen LogP contribution is 2.33. The van der Waals surface area contributed by atoms with Crippen LogP contribution >= 0.6 is 11.3 Å². The van der Waals surface area contributed by atoms with E-state index in [4.69, 9.17) is 4.74 Å². The van der Waals surface area contributed by atoms with Gasteiger partial charge in [0.1, 0.15) is 16.6 Å². The van der Waals surface area contributed by atoms with Gasteiger partial charge in [0.25, 0.3) is 0 Å². The Kier molecular flexibility index (Phi) is 6.56. The Hall–Kier alpha value is -3.27. The summed E-state index contributed by atoms with van der Waals surface area (Å²) in [5, 5.41) is 24.3. The molecule has 1 aromatic carbocycles. The van der Waals surface area contributed by atoms with Crippen LogP contribution in [-0.2, 0) is 11.2 Å². The third kappa shape index (κ3) is 5.08. The Morgan fingerprint density at radius 2 is 1.94 bits per heavy atom. The molecule has 2 N–H and O–H groups in total. The molecular formula is C21H25N7O2S. The van der Waals surface area contributed by atoms with Crippen LogP contribution in [0.3, 0.4) is 0 Å². The lowest BCUT2D eigenvalue weighted by Crippen LogP contribution is -2.33. The van der Waals surface area contributed by atoms with E-state index in [0.29, 0.717) is 16.8 Å². The van der Waals surface area contributed by atoms with Gasteiger partial charge in [-0.1, -0.05) is 29.5 Å². The van der Waals surface area contributed by atoms with Gasteiger partial charge in [0, 0.05) is 31.6 Å². The maximum atomic E-state index is 12.4. The van der Waals surface area contributed by atoms with E-state index in [2.05, 4.69) is 35.9 Å². The number of carbonyl (C=O) groups excluding carboxylic acids is 1. The summed E-state index contributed by atoms with van der Waals surface area (Å²) in [6.45, 7) is 1.76. The lowest BCUT2D eigenvalue weighted by atomic mass is 9.98. The van der Waals surface area contributed by atoms with Gasteiger partial charge in [-0.2, -0.15) is 0 Å². The molecule has 1 amide bonds. The molecular weight excluding hydrogens is 414 g/mol. The summed E-state index contributed by atoms with van der Waals surface area (Å²) < 4.78 is 5.31. The minimum Gasteiger partial charge on any atom is -0.496 e. The van der Waals surface area contributed by atoms with E-state index < -0.39 is 0 Å². The van der Waals surface area contributed by atoms with Gasteiger partial charge in [-0.25, -0.2) is 0 Å². The summed E-state index contributed by atoms with van der Waals surface area (Å²) in [5.74, 6) is 2.54. The summed E-state index contributed by atoms with van der Waals surface area (Å²) >= 11 is 1.45. The molecule has 31 heavy (non-hydrogen) atoms. The highest BCUT2D eigenvalue weighted by Gasteiger charge is 2.25. The second-order valence-electron chi connectivity index (χ2n) is 7.27. The number of rotatable bonds is 7. The van der Waals surface area contributed by atoms with Gasteiger partial charge in [0.2, 0.25) is 11.0 Å². The molecule has 0 atom stereocenters. The van der Waals surface area contributed by atoms with Crippen molar-refractivity contribution in [2.24, 2.45) is 0 Å². The van der Waals surface area contributed by atoms with Crippen LogP contribution in [0, 0.1) is 0 Å². The molecule has 10 heteroatoms. The monoisotopic (exact) mass is 439 g/mol. The lowest BCUT2D eigenvalue weighted by Gasteiger charge is -2.31. The van der Waals surface area contributed by atoms with Crippen LogP contribution < -0.4 is 20.3 Å². The van der Waals surface area contributed by atoms with Gasteiger partial charge < -0.3 is 20.3 Å². The van der Waals surface area contributed by atoms with Crippen LogP contribution in [0.25, 0.3) is 0 Å². The van der Waals surface area contributed by atoms with E-state index in [1.165, 1.54) is 11.3 Å². The summed E-state index contributed by atoms with van der Waals surface area (Å²) in [6.07, 6.45) is 2.14. The minimum absolute atomic E-state index is 0.134. The average molecular weight is 440 g/mol. The molecule has 0 radical (unpaired) electrons. The van der Waals surface area contributed by atoms with Crippen molar-refractivity contribution in [1.82, 2.24) is 20.4 Å². The number of nitrogens with zero attached hydrogens (tertiary/aromatic N) is 5. The predicted molar refractivity (Wildman–Crippen MR) is 121 cm³/mol. The van der Waals surface area contributed by atoms with Crippen molar-refractivity contribution < 1.29 is 9.53 Å². The molecule has 0 bridgehead atoms. The number of anilines is 3. The fraction of sp³-hybridized carbons (Fsp3) is 0.381. The molecule has 3 heterocycles. The second kappa shape index (κ2) is 9.69. The zero-order valence-corrected chi connectivity index (χ0v) is 18.4. The van der Waals surface area contributed by atoms with Gasteiger partial charge in [-0.15, -0.1) is 20.4 Å². The zero-order valence-electron chi connectivity index (χ0n) is 17.5. The van der Waals surface area contributed by atoms with E-state index in [1.807, 2.05) is 43.4 Å². The number of hydrogen-bond donors (Lipinski definition) is 2. The Bertz CT molecular complexity index is 1020. The highest BCUT2D eigenvalue weighted by molar-refractivity contribution is 7.15. The molecule has 9 nitrogen and oxygen atoms in total. The first kappa shape index (κ1) is 21.0. The molecule has 0 aliphatic carbocycles. The molecule has 4 rings (SSSR count). The van der Waals surface area contributed by atoms with Crippen LogP contribution in [0.1, 0.15) is 29.3 Å². The number of methoxy groups -OCH3 is 1. The molecule has 0 spiro atoms. The van der Waals surface area contributed by atoms with E-state index in [0.717, 1.165) is 48.1 Å². The molecule has 0 unspecified atom stereocenters. The highest BCUT2D eigenvalue weighted by atomic mass is 32.1. The number of benzene rings is 1. The number of aromatic nitrogens is 4. The summed E-state index contributed by atoms with van der Waals surface area (Å²) in [6, 6.07) is 11.4. The number of hydrogen-bond acceptors (Lipinski definition) is 9. The Balaban J connectivity index is 1.31. The number of carbonyl (C=O) groups is 1. The van der Waals surface area contributed by atoms with Gasteiger partial charge in [0.15, 0.2) is 5.82 Å². The second-order valence-corrected chi connectivity index (χ2v) is 8.28. The maximum Gasteiger partial charge on any atom is 0.230 e. The van der Waals surface area contributed by atoms with E-state index >= 15 is 0 Å². The number of nitrogens with one attached hydrogen (secondary N) is 2. The van der Waals surface area contributed by atoms with Crippen molar-refractivity contribution >= 4 is 34.0 Å². The Labute approximate surface area is 184 Å². The molecule has 1 aliphatic rings. The van der Waals surface area contributed by atoms with Crippen molar-refractivity contribution in [2.75, 3.05) is 42.8 Å². The van der Waals surface area contributed by atoms with E-state index in [9.17, 15) is 4.79 Å². The summed E-state index contributed by atoms with van der Waals surface area (Å²) in [7, 11) is 3.43. The first-order valence-corrected chi connectivity index (χ1v) is 11.0. The first-order valence-electron chi connectivity index (χ1n) is 10.2. The Morgan fingerprint density at radius 1 is 1.13 bits per heavy atom. The molecule has 3 aromatic rings. The van der Waals surface area contributed by atoms with E-state index in [1.54, 1.807) is 7.11 Å². The van der Waals surface area contributed by atoms with Gasteiger partial charge >= 0.3 is 0 Å². The van der Waals surface area contributed by atoms with Crippen LogP contribution in [0.2, 0.25) is 0 Å². The molecule has 1 saturated heterocycles. The summed E-state index contributed by atoms with van der Waals surface area (Å²) in [5.41, 5.74) is 0.838. The lowest BCUT2D eigenvalue weighted by molar-refractivity contribution is -0.115. The smallest absolute Gasteiger partial charge is 0.230 e. The topological polar surface area (TPSA) is 105 Å². The predicted octanol–water partition coefficient (Wildman–Crippen LogP) is 2.94. The summed E-state index contributed by atoms with van der Waals surface area (Å²) in [4.78, 5) is 14.7. The van der Waals surface area contributed by atoms with Crippen LogP contribution in [0.5, 0.6) is 5.75 Å². The quantitative estimate of drug-likeness (QED) is 0.579. The number of para-hydroxylation sites is 1. The maximum absolute atomic E-state index is 12.4. The van der Waals surface area contributed by atoms with Crippen molar-refractivity contribution in [3.05, 3.63) is 47.0 Å². The Morgan fingerprint density at radius 3 is 2.65 bits per heavy atom. The third-order valence-corrected chi connectivity index (χ3v) is 6.31. The number of ether oxygens (including phenoxy) is 1. The van der Waals surface area contributed by atoms with Crippen LogP contribution in [0.4, 0.5) is 16.8 Å². The van der Waals surface area contributed by atoms with Gasteiger partial charge in [-0.3, -0.25) is 4.79 Å². The zero-order chi connectivity index (χ0) is 21.6. The van der Waals surface area contributed by atoms with Crippen LogP contribution in [0.15, 0.2) is 36.4 Å². The van der Waals surface area contributed by atoms with Crippen molar-refractivity contribution in [1.29, 1.82) is 0 Å². The minimum atomic E-state index is -0.134.